The normalized spacial score (nSPS) is 11.9. The van der Waals surface area contributed by atoms with Gasteiger partial charge in [-0.15, -0.1) is 0 Å². The molecule has 4 N–H and O–H groups in total. The molecule has 0 atom stereocenters. The zero-order valence-electron chi connectivity index (χ0n) is 10.6. The molecular formula is C9H19N3O5S. The highest BCUT2D eigenvalue weighted by Gasteiger charge is 2.27. The van der Waals surface area contributed by atoms with Gasteiger partial charge in [0.15, 0.2) is 0 Å². The van der Waals surface area contributed by atoms with Gasteiger partial charge < -0.3 is 15.7 Å². The number of hydrogen-bond acceptors (Lipinski definition) is 4. The maximum atomic E-state index is 11.3. The van der Waals surface area contributed by atoms with Crippen LogP contribution in [-0.4, -0.2) is 51.4 Å². The summed E-state index contributed by atoms with van der Waals surface area (Å²) in [6, 6.07) is -0.601. The van der Waals surface area contributed by atoms with Crippen molar-refractivity contribution in [3.63, 3.8) is 0 Å². The van der Waals surface area contributed by atoms with Gasteiger partial charge in [0, 0.05) is 13.1 Å². The Bertz CT molecular complexity index is 404. The molecule has 8 nitrogen and oxygen atoms in total. The zero-order valence-corrected chi connectivity index (χ0v) is 11.4. The fraction of sp³-hybridized carbons (Fsp3) is 0.778. The molecule has 106 valence electrons. The van der Waals surface area contributed by atoms with Crippen LogP contribution in [0.25, 0.3) is 0 Å². The molecule has 0 saturated heterocycles. The van der Waals surface area contributed by atoms with E-state index in [2.05, 4.69) is 15.4 Å². The average molecular weight is 281 g/mol. The van der Waals surface area contributed by atoms with E-state index in [1.807, 2.05) is 0 Å². The van der Waals surface area contributed by atoms with Crippen LogP contribution in [0.2, 0.25) is 0 Å². The standard InChI is InChI=1S/C9H19N3O5S/c1-9(2,7(13)14)6-12-8(15)11-4-5-18(16,17)10-3/h10H,4-6H2,1-3H3,(H,13,14)(H2,11,12,15). The molecule has 0 saturated carbocycles. The molecule has 0 aromatic rings. The molecule has 2 amide bonds. The minimum absolute atomic E-state index is 0.0487. The fourth-order valence-corrected chi connectivity index (χ4v) is 1.42. The van der Waals surface area contributed by atoms with Crippen molar-refractivity contribution in [2.75, 3.05) is 25.9 Å². The maximum Gasteiger partial charge on any atom is 0.314 e. The summed E-state index contributed by atoms with van der Waals surface area (Å²) < 4.78 is 24.2. The summed E-state index contributed by atoms with van der Waals surface area (Å²) in [7, 11) is -2.08. The summed E-state index contributed by atoms with van der Waals surface area (Å²) in [5, 5.41) is 13.5. The van der Waals surface area contributed by atoms with Gasteiger partial charge in [-0.25, -0.2) is 17.9 Å². The summed E-state index contributed by atoms with van der Waals surface area (Å²) in [4.78, 5) is 22.0. The second-order valence-electron chi connectivity index (χ2n) is 4.32. The number of carbonyl (C=O) groups excluding carboxylic acids is 1. The molecule has 0 radical (unpaired) electrons. The number of urea groups is 1. The Labute approximate surface area is 106 Å². The Kier molecular flexibility index (Phi) is 6.06. The summed E-state index contributed by atoms with van der Waals surface area (Å²) in [5.74, 6) is -1.26. The minimum atomic E-state index is -3.36. The second kappa shape index (κ2) is 6.55. The van der Waals surface area contributed by atoms with Crippen LogP contribution in [0.5, 0.6) is 0 Å². The molecule has 0 spiro atoms. The number of carbonyl (C=O) groups is 2. The molecule has 9 heteroatoms. The van der Waals surface area contributed by atoms with E-state index in [1.54, 1.807) is 0 Å². The first-order valence-electron chi connectivity index (χ1n) is 5.27. The van der Waals surface area contributed by atoms with Gasteiger partial charge in [0.05, 0.1) is 11.2 Å². The molecule has 0 aromatic heterocycles. The molecule has 0 aliphatic carbocycles. The Hall–Kier alpha value is -1.35. The summed E-state index contributed by atoms with van der Waals surface area (Å²) in [6.45, 7) is 2.84. The lowest BCUT2D eigenvalue weighted by atomic mass is 9.94. The number of sulfonamides is 1. The van der Waals surface area contributed by atoms with Crippen LogP contribution in [-0.2, 0) is 14.8 Å². The highest BCUT2D eigenvalue weighted by Crippen LogP contribution is 2.12. The van der Waals surface area contributed by atoms with Gasteiger partial charge in [-0.2, -0.15) is 0 Å². The average Bonchev–Trinajstić information content (AvgIpc) is 2.26. The number of aliphatic carboxylic acids is 1. The van der Waals surface area contributed by atoms with Crippen LogP contribution in [0.4, 0.5) is 4.79 Å². The third-order valence-electron chi connectivity index (χ3n) is 2.24. The van der Waals surface area contributed by atoms with E-state index < -0.39 is 27.4 Å². The topological polar surface area (TPSA) is 125 Å². The number of nitrogens with one attached hydrogen (secondary N) is 3. The maximum absolute atomic E-state index is 11.3. The van der Waals surface area contributed by atoms with E-state index in [0.29, 0.717) is 0 Å². The number of carboxylic acid groups (broad SMARTS) is 1. The predicted molar refractivity (Wildman–Crippen MR) is 65.7 cm³/mol. The largest absolute Gasteiger partial charge is 0.481 e. The lowest BCUT2D eigenvalue weighted by Crippen LogP contribution is -2.44. The van der Waals surface area contributed by atoms with Crippen LogP contribution < -0.4 is 15.4 Å². The van der Waals surface area contributed by atoms with Gasteiger partial charge in [0.2, 0.25) is 10.0 Å². The van der Waals surface area contributed by atoms with Crippen LogP contribution >= 0.6 is 0 Å². The predicted octanol–water partition coefficient (Wildman–Crippen LogP) is -1.05. The quantitative estimate of drug-likeness (QED) is 0.474. The third kappa shape index (κ3) is 6.40. The minimum Gasteiger partial charge on any atom is -0.481 e. The van der Waals surface area contributed by atoms with Crippen molar-refractivity contribution in [1.29, 1.82) is 0 Å². The summed E-state index contributed by atoms with van der Waals surface area (Å²) in [5.41, 5.74) is -1.08. The zero-order chi connectivity index (χ0) is 14.4. The van der Waals surface area contributed by atoms with Gasteiger partial charge in [-0.1, -0.05) is 0 Å². The van der Waals surface area contributed by atoms with Crippen LogP contribution in [0, 0.1) is 5.41 Å². The van der Waals surface area contributed by atoms with E-state index in [9.17, 15) is 18.0 Å². The SMILES string of the molecule is CNS(=O)(=O)CCNC(=O)NCC(C)(C)C(=O)O. The van der Waals surface area contributed by atoms with Crippen LogP contribution in [0.15, 0.2) is 0 Å². The van der Waals surface area contributed by atoms with Crippen LogP contribution in [0.1, 0.15) is 13.8 Å². The molecular weight excluding hydrogens is 262 g/mol. The fourth-order valence-electron chi connectivity index (χ4n) is 0.840. The third-order valence-corrected chi connectivity index (χ3v) is 3.60. The van der Waals surface area contributed by atoms with Gasteiger partial charge >= 0.3 is 12.0 Å². The molecule has 0 aliphatic rings. The smallest absolute Gasteiger partial charge is 0.314 e. The van der Waals surface area contributed by atoms with Gasteiger partial charge in [0.1, 0.15) is 0 Å². The van der Waals surface area contributed by atoms with Crippen molar-refractivity contribution in [1.82, 2.24) is 15.4 Å². The number of amides is 2. The van der Waals surface area contributed by atoms with Gasteiger partial charge in [-0.05, 0) is 20.9 Å². The van der Waals surface area contributed by atoms with Gasteiger partial charge in [0.25, 0.3) is 0 Å². The Balaban J connectivity index is 3.97. The Morgan fingerprint density at radius 3 is 2.22 bits per heavy atom. The Morgan fingerprint density at radius 2 is 1.78 bits per heavy atom. The highest BCUT2D eigenvalue weighted by molar-refractivity contribution is 7.89. The lowest BCUT2D eigenvalue weighted by Gasteiger charge is -2.19. The van der Waals surface area contributed by atoms with E-state index in [1.165, 1.54) is 20.9 Å². The van der Waals surface area contributed by atoms with Crippen molar-refractivity contribution >= 4 is 22.0 Å². The van der Waals surface area contributed by atoms with Gasteiger partial charge in [-0.3, -0.25) is 4.79 Å². The first-order chi connectivity index (χ1) is 8.10. The molecule has 0 aromatic carbocycles. The first-order valence-corrected chi connectivity index (χ1v) is 6.92. The first kappa shape index (κ1) is 16.6. The summed E-state index contributed by atoms with van der Waals surface area (Å²) >= 11 is 0. The van der Waals surface area contributed by atoms with E-state index in [4.69, 9.17) is 5.11 Å². The summed E-state index contributed by atoms with van der Waals surface area (Å²) in [6.07, 6.45) is 0. The van der Waals surface area contributed by atoms with Crippen molar-refractivity contribution in [3.8, 4) is 0 Å². The van der Waals surface area contributed by atoms with Crippen molar-refractivity contribution in [2.24, 2.45) is 5.41 Å². The number of hydrogen-bond donors (Lipinski definition) is 4. The molecule has 0 bridgehead atoms. The molecule has 0 unspecified atom stereocenters. The lowest BCUT2D eigenvalue weighted by molar-refractivity contribution is -0.146. The molecule has 0 fully saturated rings. The van der Waals surface area contributed by atoms with E-state index in [-0.39, 0.29) is 18.8 Å². The Morgan fingerprint density at radius 1 is 1.22 bits per heavy atom. The van der Waals surface area contributed by atoms with E-state index >= 15 is 0 Å². The van der Waals surface area contributed by atoms with Crippen molar-refractivity contribution in [3.05, 3.63) is 0 Å². The van der Waals surface area contributed by atoms with E-state index in [0.717, 1.165) is 0 Å². The monoisotopic (exact) mass is 281 g/mol. The molecule has 0 aliphatic heterocycles. The number of rotatable bonds is 7. The van der Waals surface area contributed by atoms with Crippen LogP contribution in [0.3, 0.4) is 0 Å². The molecule has 0 rings (SSSR count). The highest BCUT2D eigenvalue weighted by atomic mass is 32.2. The number of carboxylic acids is 1. The van der Waals surface area contributed by atoms with Crippen molar-refractivity contribution < 1.29 is 23.1 Å². The second-order valence-corrected chi connectivity index (χ2v) is 6.37. The molecule has 0 heterocycles. The molecule has 18 heavy (non-hydrogen) atoms. The van der Waals surface area contributed by atoms with Crippen molar-refractivity contribution in [2.45, 2.75) is 13.8 Å².